The molecular weight excluding hydrogens is 290 g/mol. The Morgan fingerprint density at radius 3 is 2.61 bits per heavy atom. The van der Waals surface area contributed by atoms with E-state index in [9.17, 15) is 9.59 Å². The summed E-state index contributed by atoms with van der Waals surface area (Å²) < 4.78 is 5.23. The number of rotatable bonds is 7. The average Bonchev–Trinajstić information content (AvgIpc) is 2.55. The summed E-state index contributed by atoms with van der Waals surface area (Å²) in [5.41, 5.74) is 0.275. The summed E-state index contributed by atoms with van der Waals surface area (Å²) >= 11 is 0. The molecule has 0 aliphatic carbocycles. The molecule has 1 atom stereocenters. The quantitative estimate of drug-likeness (QED) is 0.572. The molecule has 0 aromatic heterocycles. The highest BCUT2D eigenvalue weighted by molar-refractivity contribution is 6.05. The Morgan fingerprint density at radius 2 is 2.00 bits per heavy atom. The number of ether oxygens (including phenoxy) is 1. The van der Waals surface area contributed by atoms with Gasteiger partial charge < -0.3 is 4.74 Å². The molecule has 4 nitrogen and oxygen atoms in total. The summed E-state index contributed by atoms with van der Waals surface area (Å²) in [7, 11) is 0. The second-order valence-electron chi connectivity index (χ2n) is 6.28. The fourth-order valence-corrected chi connectivity index (χ4v) is 3.23. The Morgan fingerprint density at radius 1 is 1.26 bits per heavy atom. The van der Waals surface area contributed by atoms with Crippen LogP contribution in [0.2, 0.25) is 0 Å². The zero-order valence-electron chi connectivity index (χ0n) is 14.2. The third-order valence-corrected chi connectivity index (χ3v) is 4.63. The molecule has 0 N–H and O–H groups in total. The lowest BCUT2D eigenvalue weighted by molar-refractivity contribution is -0.164. The molecule has 1 unspecified atom stereocenters. The van der Waals surface area contributed by atoms with Gasteiger partial charge in [0.05, 0.1) is 13.2 Å². The first-order chi connectivity index (χ1) is 11.1. The van der Waals surface area contributed by atoms with Crippen LogP contribution in [0.4, 0.5) is 0 Å². The number of Topliss-reactive ketones (excluding diaryl/α,β-unsaturated/α-hetero) is 1. The van der Waals surface area contributed by atoms with E-state index in [1.165, 1.54) is 5.56 Å². The number of carbonyl (C=O) groups is 2. The number of piperidine rings is 1. The highest BCUT2D eigenvalue weighted by Gasteiger charge is 2.48. The second-order valence-corrected chi connectivity index (χ2v) is 6.28. The fraction of sp³-hybridized carbons (Fsp3) is 0.579. The Hall–Kier alpha value is -1.68. The van der Waals surface area contributed by atoms with Crippen molar-refractivity contribution in [2.75, 3.05) is 19.7 Å². The molecule has 2 rings (SSSR count). The highest BCUT2D eigenvalue weighted by atomic mass is 16.5. The third-order valence-electron chi connectivity index (χ3n) is 4.63. The van der Waals surface area contributed by atoms with Gasteiger partial charge in [0.1, 0.15) is 5.41 Å². The maximum Gasteiger partial charge on any atom is 0.319 e. The van der Waals surface area contributed by atoms with Gasteiger partial charge in [-0.05, 0) is 25.3 Å². The largest absolute Gasteiger partial charge is 0.465 e. The lowest BCUT2D eigenvalue weighted by Crippen LogP contribution is -2.52. The SMILES string of the molecule is CCCCC1(C(=O)OCC)CCN(Cc2ccccc2)CC1=O. The third kappa shape index (κ3) is 4.20. The molecule has 1 aromatic rings. The molecule has 1 aromatic carbocycles. The van der Waals surface area contributed by atoms with Gasteiger partial charge in [-0.1, -0.05) is 50.1 Å². The molecule has 0 saturated carbocycles. The minimum absolute atomic E-state index is 0.0200. The normalized spacial score (nSPS) is 22.1. The number of nitrogens with zero attached hydrogens (tertiary/aromatic N) is 1. The lowest BCUT2D eigenvalue weighted by Gasteiger charge is -2.38. The van der Waals surface area contributed by atoms with E-state index < -0.39 is 5.41 Å². The molecule has 0 spiro atoms. The van der Waals surface area contributed by atoms with Crippen molar-refractivity contribution in [2.24, 2.45) is 5.41 Å². The van der Waals surface area contributed by atoms with Gasteiger partial charge in [-0.25, -0.2) is 0 Å². The summed E-state index contributed by atoms with van der Waals surface area (Å²) in [5.74, 6) is -0.301. The maximum atomic E-state index is 12.8. The van der Waals surface area contributed by atoms with Crippen LogP contribution in [0.5, 0.6) is 0 Å². The predicted molar refractivity (Wildman–Crippen MR) is 89.9 cm³/mol. The molecule has 1 aliphatic rings. The van der Waals surface area contributed by atoms with Gasteiger partial charge in [0.25, 0.3) is 0 Å². The molecule has 0 bridgehead atoms. The summed E-state index contributed by atoms with van der Waals surface area (Å²) in [5, 5.41) is 0. The summed E-state index contributed by atoms with van der Waals surface area (Å²) in [6.45, 7) is 6.03. The number of carbonyl (C=O) groups excluding carboxylic acids is 2. The summed E-state index contributed by atoms with van der Waals surface area (Å²) in [6.07, 6.45) is 3.03. The van der Waals surface area contributed by atoms with Crippen LogP contribution in [0.25, 0.3) is 0 Å². The van der Waals surface area contributed by atoms with Crippen LogP contribution in [0.1, 0.15) is 45.1 Å². The van der Waals surface area contributed by atoms with E-state index in [1.807, 2.05) is 18.2 Å². The Bertz CT molecular complexity index is 529. The van der Waals surface area contributed by atoms with Crippen LogP contribution < -0.4 is 0 Å². The van der Waals surface area contributed by atoms with Gasteiger partial charge in [-0.3, -0.25) is 14.5 Å². The van der Waals surface area contributed by atoms with Crippen molar-refractivity contribution in [3.8, 4) is 0 Å². The van der Waals surface area contributed by atoms with Crippen molar-refractivity contribution in [3.63, 3.8) is 0 Å². The van der Waals surface area contributed by atoms with E-state index in [2.05, 4.69) is 24.0 Å². The van der Waals surface area contributed by atoms with Crippen LogP contribution in [-0.2, 0) is 20.9 Å². The Labute approximate surface area is 138 Å². The molecule has 1 saturated heterocycles. The van der Waals surface area contributed by atoms with E-state index in [4.69, 9.17) is 4.74 Å². The second kappa shape index (κ2) is 8.25. The zero-order valence-corrected chi connectivity index (χ0v) is 14.2. The van der Waals surface area contributed by atoms with Crippen LogP contribution in [0.3, 0.4) is 0 Å². The van der Waals surface area contributed by atoms with Gasteiger partial charge in [-0.15, -0.1) is 0 Å². The minimum Gasteiger partial charge on any atom is -0.465 e. The molecule has 0 amide bonds. The van der Waals surface area contributed by atoms with Gasteiger partial charge in [0.15, 0.2) is 5.78 Å². The van der Waals surface area contributed by atoms with Crippen LogP contribution in [0, 0.1) is 5.41 Å². The Balaban J connectivity index is 2.06. The van der Waals surface area contributed by atoms with Gasteiger partial charge >= 0.3 is 5.97 Å². The lowest BCUT2D eigenvalue weighted by atomic mass is 9.73. The summed E-state index contributed by atoms with van der Waals surface area (Å²) in [4.78, 5) is 27.4. The number of hydrogen-bond donors (Lipinski definition) is 0. The van der Waals surface area contributed by atoms with Crippen molar-refractivity contribution in [1.82, 2.24) is 4.90 Å². The van der Waals surface area contributed by atoms with Gasteiger partial charge in [0, 0.05) is 13.1 Å². The van der Waals surface area contributed by atoms with Crippen LogP contribution in [0.15, 0.2) is 30.3 Å². The summed E-state index contributed by atoms with van der Waals surface area (Å²) in [6, 6.07) is 10.1. The standard InChI is InChI=1S/C19H27NO3/c1-3-5-11-19(18(22)23-4-2)12-13-20(15-17(19)21)14-16-9-7-6-8-10-16/h6-10H,3-5,11-15H2,1-2H3. The van der Waals surface area contributed by atoms with Crippen molar-refractivity contribution in [2.45, 2.75) is 46.1 Å². The fourth-order valence-electron chi connectivity index (χ4n) is 3.23. The first kappa shape index (κ1) is 17.7. The number of ketones is 1. The highest BCUT2D eigenvalue weighted by Crippen LogP contribution is 2.36. The molecule has 23 heavy (non-hydrogen) atoms. The topological polar surface area (TPSA) is 46.6 Å². The first-order valence-corrected chi connectivity index (χ1v) is 8.59. The van der Waals surface area contributed by atoms with Crippen LogP contribution >= 0.6 is 0 Å². The minimum atomic E-state index is -0.917. The zero-order chi connectivity index (χ0) is 16.7. The molecule has 126 valence electrons. The first-order valence-electron chi connectivity index (χ1n) is 8.59. The molecule has 0 radical (unpaired) electrons. The molecule has 1 heterocycles. The van der Waals surface area contributed by atoms with Crippen LogP contribution in [-0.4, -0.2) is 36.3 Å². The maximum absolute atomic E-state index is 12.8. The van der Waals surface area contributed by atoms with E-state index in [1.54, 1.807) is 6.92 Å². The van der Waals surface area contributed by atoms with E-state index >= 15 is 0 Å². The number of likely N-dealkylation sites (tertiary alicyclic amines) is 1. The smallest absolute Gasteiger partial charge is 0.319 e. The Kier molecular flexibility index (Phi) is 6.34. The van der Waals surface area contributed by atoms with Crippen molar-refractivity contribution < 1.29 is 14.3 Å². The van der Waals surface area contributed by atoms with Crippen molar-refractivity contribution in [3.05, 3.63) is 35.9 Å². The molecule has 1 fully saturated rings. The molecular formula is C19H27NO3. The molecule has 4 heteroatoms. The number of esters is 1. The van der Waals surface area contributed by atoms with Crippen molar-refractivity contribution >= 4 is 11.8 Å². The molecule has 1 aliphatic heterocycles. The number of benzene rings is 1. The predicted octanol–water partition coefficient (Wildman–Crippen LogP) is 3.20. The van der Waals surface area contributed by atoms with E-state index in [-0.39, 0.29) is 11.8 Å². The number of hydrogen-bond acceptors (Lipinski definition) is 4. The van der Waals surface area contributed by atoms with E-state index in [0.717, 1.165) is 25.9 Å². The van der Waals surface area contributed by atoms with Gasteiger partial charge in [0.2, 0.25) is 0 Å². The average molecular weight is 317 g/mol. The van der Waals surface area contributed by atoms with Gasteiger partial charge in [-0.2, -0.15) is 0 Å². The van der Waals surface area contributed by atoms with E-state index in [0.29, 0.717) is 26.0 Å². The van der Waals surface area contributed by atoms with Crippen molar-refractivity contribution in [1.29, 1.82) is 0 Å². The number of unbranched alkanes of at least 4 members (excludes halogenated alkanes) is 1. The monoisotopic (exact) mass is 317 g/mol.